The highest BCUT2D eigenvalue weighted by Gasteiger charge is 2.06. The van der Waals surface area contributed by atoms with Crippen molar-refractivity contribution in [3.63, 3.8) is 0 Å². The van der Waals surface area contributed by atoms with Gasteiger partial charge in [-0.3, -0.25) is 0 Å². The van der Waals surface area contributed by atoms with E-state index < -0.39 is 0 Å². The van der Waals surface area contributed by atoms with Crippen molar-refractivity contribution >= 4 is 28.2 Å². The standard InChI is InChI=1S/C13H15BrO3/c1-2-17-13(16)11-6-3-10(4-7-11)5-8-12(14)9-15/h3-4,6-7,9,12H,2,5,8H2,1H3. The van der Waals surface area contributed by atoms with Crippen LogP contribution in [0.5, 0.6) is 0 Å². The number of carbonyl (C=O) groups is 2. The zero-order chi connectivity index (χ0) is 12.7. The molecule has 0 bridgehead atoms. The molecule has 0 aliphatic rings. The maximum atomic E-state index is 11.4. The number of hydrogen-bond donors (Lipinski definition) is 0. The lowest BCUT2D eigenvalue weighted by Crippen LogP contribution is -2.05. The van der Waals surface area contributed by atoms with Crippen LogP contribution >= 0.6 is 15.9 Å². The Morgan fingerprint density at radius 2 is 2.06 bits per heavy atom. The highest BCUT2D eigenvalue weighted by atomic mass is 79.9. The van der Waals surface area contributed by atoms with Gasteiger partial charge in [-0.25, -0.2) is 4.79 Å². The third-order valence-electron chi connectivity index (χ3n) is 2.32. The molecule has 1 rings (SSSR count). The first-order chi connectivity index (χ1) is 8.17. The summed E-state index contributed by atoms with van der Waals surface area (Å²) in [6, 6.07) is 7.27. The molecular weight excluding hydrogens is 284 g/mol. The van der Waals surface area contributed by atoms with E-state index in [0.717, 1.165) is 24.7 Å². The van der Waals surface area contributed by atoms with E-state index in [1.54, 1.807) is 19.1 Å². The maximum absolute atomic E-state index is 11.4. The Balaban J connectivity index is 2.55. The second-order valence-electron chi connectivity index (χ2n) is 3.61. The van der Waals surface area contributed by atoms with Gasteiger partial charge < -0.3 is 9.53 Å². The fourth-order valence-electron chi connectivity index (χ4n) is 1.39. The molecular formula is C13H15BrO3. The lowest BCUT2D eigenvalue weighted by molar-refractivity contribution is -0.107. The van der Waals surface area contributed by atoms with Crippen LogP contribution in [0.1, 0.15) is 29.3 Å². The minimum Gasteiger partial charge on any atom is -0.462 e. The monoisotopic (exact) mass is 298 g/mol. The SMILES string of the molecule is CCOC(=O)c1ccc(CCC(Br)C=O)cc1. The molecule has 0 saturated heterocycles. The molecule has 17 heavy (non-hydrogen) atoms. The lowest BCUT2D eigenvalue weighted by atomic mass is 10.1. The minimum atomic E-state index is -0.301. The summed E-state index contributed by atoms with van der Waals surface area (Å²) in [5.74, 6) is -0.301. The number of alkyl halides is 1. The van der Waals surface area contributed by atoms with Gasteiger partial charge in [-0.15, -0.1) is 0 Å². The summed E-state index contributed by atoms with van der Waals surface area (Å²) in [5.41, 5.74) is 1.66. The Bertz CT molecular complexity index is 373. The quantitative estimate of drug-likeness (QED) is 0.461. The summed E-state index contributed by atoms with van der Waals surface area (Å²) in [5, 5.41) is 0. The van der Waals surface area contributed by atoms with Crippen molar-refractivity contribution in [2.45, 2.75) is 24.6 Å². The molecule has 1 aromatic carbocycles. The van der Waals surface area contributed by atoms with E-state index in [2.05, 4.69) is 15.9 Å². The summed E-state index contributed by atoms with van der Waals surface area (Å²) < 4.78 is 4.89. The fourth-order valence-corrected chi connectivity index (χ4v) is 1.62. The van der Waals surface area contributed by atoms with Gasteiger partial charge >= 0.3 is 5.97 Å². The van der Waals surface area contributed by atoms with E-state index >= 15 is 0 Å². The number of aryl methyl sites for hydroxylation is 1. The van der Waals surface area contributed by atoms with E-state index in [0.29, 0.717) is 12.2 Å². The highest BCUT2D eigenvalue weighted by Crippen LogP contribution is 2.11. The van der Waals surface area contributed by atoms with E-state index in [4.69, 9.17) is 4.74 Å². The van der Waals surface area contributed by atoms with Crippen LogP contribution in [0.4, 0.5) is 0 Å². The van der Waals surface area contributed by atoms with Gasteiger partial charge in [0.2, 0.25) is 0 Å². The molecule has 1 aromatic rings. The van der Waals surface area contributed by atoms with E-state index in [1.807, 2.05) is 12.1 Å². The number of halogens is 1. The first-order valence-electron chi connectivity index (χ1n) is 5.52. The molecule has 4 heteroatoms. The van der Waals surface area contributed by atoms with Crippen molar-refractivity contribution in [3.8, 4) is 0 Å². The summed E-state index contributed by atoms with van der Waals surface area (Å²) in [4.78, 5) is 21.7. The Morgan fingerprint density at radius 3 is 2.59 bits per heavy atom. The Hall–Kier alpha value is -1.16. The molecule has 0 aromatic heterocycles. The van der Waals surface area contributed by atoms with Gasteiger partial charge in [0.05, 0.1) is 17.0 Å². The van der Waals surface area contributed by atoms with Crippen LogP contribution in [0.15, 0.2) is 24.3 Å². The van der Waals surface area contributed by atoms with Crippen LogP contribution in [0.3, 0.4) is 0 Å². The van der Waals surface area contributed by atoms with Gasteiger partial charge in [-0.05, 0) is 37.5 Å². The number of carbonyl (C=O) groups excluding carboxylic acids is 2. The normalized spacial score (nSPS) is 11.9. The second-order valence-corrected chi connectivity index (χ2v) is 4.78. The molecule has 1 unspecified atom stereocenters. The Morgan fingerprint density at radius 1 is 1.41 bits per heavy atom. The first-order valence-corrected chi connectivity index (χ1v) is 6.44. The predicted molar refractivity (Wildman–Crippen MR) is 69.5 cm³/mol. The first kappa shape index (κ1) is 13.9. The molecule has 0 fully saturated rings. The smallest absolute Gasteiger partial charge is 0.338 e. The summed E-state index contributed by atoms with van der Waals surface area (Å²) >= 11 is 3.25. The van der Waals surface area contributed by atoms with Crippen molar-refractivity contribution in [2.75, 3.05) is 6.61 Å². The fraction of sp³-hybridized carbons (Fsp3) is 0.385. The third-order valence-corrected chi connectivity index (χ3v) is 3.00. The zero-order valence-corrected chi connectivity index (χ0v) is 11.3. The molecule has 0 saturated carbocycles. The van der Waals surface area contributed by atoms with Crippen LogP contribution in [0.25, 0.3) is 0 Å². The average Bonchev–Trinajstić information content (AvgIpc) is 2.36. The predicted octanol–water partition coefficient (Wildman–Crippen LogP) is 2.76. The third kappa shape index (κ3) is 4.69. The number of ether oxygens (including phenoxy) is 1. The zero-order valence-electron chi connectivity index (χ0n) is 9.69. The van der Waals surface area contributed by atoms with Gasteiger partial charge in [-0.1, -0.05) is 28.1 Å². The molecule has 92 valence electrons. The van der Waals surface area contributed by atoms with Crippen molar-refractivity contribution in [1.82, 2.24) is 0 Å². The van der Waals surface area contributed by atoms with Gasteiger partial charge in [-0.2, -0.15) is 0 Å². The molecule has 0 N–H and O–H groups in total. The molecule has 0 radical (unpaired) electrons. The maximum Gasteiger partial charge on any atom is 0.338 e. The molecule has 0 aliphatic carbocycles. The average molecular weight is 299 g/mol. The summed E-state index contributed by atoms with van der Waals surface area (Å²) in [7, 11) is 0. The topological polar surface area (TPSA) is 43.4 Å². The number of hydrogen-bond acceptors (Lipinski definition) is 3. The number of rotatable bonds is 6. The Kier molecular flexibility index (Phi) is 5.91. The van der Waals surface area contributed by atoms with Crippen molar-refractivity contribution in [3.05, 3.63) is 35.4 Å². The molecule has 1 atom stereocenters. The van der Waals surface area contributed by atoms with Crippen LogP contribution in [0.2, 0.25) is 0 Å². The number of aldehydes is 1. The van der Waals surface area contributed by atoms with Crippen molar-refractivity contribution in [2.24, 2.45) is 0 Å². The molecule has 0 aliphatic heterocycles. The number of esters is 1. The summed E-state index contributed by atoms with van der Waals surface area (Å²) in [6.07, 6.45) is 2.44. The van der Waals surface area contributed by atoms with E-state index in [1.165, 1.54) is 0 Å². The van der Waals surface area contributed by atoms with Gasteiger partial charge in [0.1, 0.15) is 6.29 Å². The summed E-state index contributed by atoms with van der Waals surface area (Å²) in [6.45, 7) is 2.16. The van der Waals surface area contributed by atoms with Crippen molar-refractivity contribution < 1.29 is 14.3 Å². The van der Waals surface area contributed by atoms with Gasteiger partial charge in [0, 0.05) is 0 Å². The number of benzene rings is 1. The molecule has 0 amide bonds. The second kappa shape index (κ2) is 7.22. The van der Waals surface area contributed by atoms with Crippen LogP contribution in [-0.2, 0) is 16.0 Å². The Labute approximate surface area is 109 Å². The molecule has 3 nitrogen and oxygen atoms in total. The van der Waals surface area contributed by atoms with E-state index in [9.17, 15) is 9.59 Å². The largest absolute Gasteiger partial charge is 0.462 e. The van der Waals surface area contributed by atoms with Crippen molar-refractivity contribution in [1.29, 1.82) is 0 Å². The van der Waals surface area contributed by atoms with Gasteiger partial charge in [0.25, 0.3) is 0 Å². The lowest BCUT2D eigenvalue weighted by Gasteiger charge is -2.05. The van der Waals surface area contributed by atoms with Crippen LogP contribution < -0.4 is 0 Å². The minimum absolute atomic E-state index is 0.104. The molecule has 0 heterocycles. The molecule has 0 spiro atoms. The highest BCUT2D eigenvalue weighted by molar-refractivity contribution is 9.09. The van der Waals surface area contributed by atoms with Crippen LogP contribution in [0, 0.1) is 0 Å². The van der Waals surface area contributed by atoms with Gasteiger partial charge in [0.15, 0.2) is 0 Å². The van der Waals surface area contributed by atoms with Crippen LogP contribution in [-0.4, -0.2) is 23.7 Å². The van der Waals surface area contributed by atoms with E-state index in [-0.39, 0.29) is 10.8 Å².